The first-order chi connectivity index (χ1) is 13.8. The minimum absolute atomic E-state index is 0.00657. The number of pyridine rings is 1. The van der Waals surface area contributed by atoms with Gasteiger partial charge in [0.1, 0.15) is 5.56 Å². The van der Waals surface area contributed by atoms with Crippen LogP contribution in [0.1, 0.15) is 32.7 Å². The van der Waals surface area contributed by atoms with Gasteiger partial charge in [0, 0.05) is 18.6 Å². The van der Waals surface area contributed by atoms with Crippen molar-refractivity contribution >= 4 is 28.5 Å². The molecule has 0 saturated carbocycles. The lowest BCUT2D eigenvalue weighted by atomic mass is 10.0. The maximum atomic E-state index is 13.0. The van der Waals surface area contributed by atoms with Crippen LogP contribution in [0, 0.1) is 16.0 Å². The van der Waals surface area contributed by atoms with E-state index in [-0.39, 0.29) is 18.0 Å². The van der Waals surface area contributed by atoms with Gasteiger partial charge in [-0.3, -0.25) is 19.7 Å². The normalized spacial score (nSPS) is 15.2. The first kappa shape index (κ1) is 18.5. The van der Waals surface area contributed by atoms with E-state index in [9.17, 15) is 29.6 Å². The number of nitro groups is 1. The minimum atomic E-state index is -1.39. The third kappa shape index (κ3) is 3.29. The van der Waals surface area contributed by atoms with Crippen LogP contribution in [0.5, 0.6) is 0 Å². The van der Waals surface area contributed by atoms with Crippen LogP contribution in [-0.2, 0) is 12.8 Å². The number of para-hydroxylation sites is 1. The molecule has 29 heavy (non-hydrogen) atoms. The van der Waals surface area contributed by atoms with Gasteiger partial charge in [-0.25, -0.2) is 9.36 Å². The van der Waals surface area contributed by atoms with Crippen molar-refractivity contribution in [1.29, 1.82) is 0 Å². The first-order valence-corrected chi connectivity index (χ1v) is 9.02. The quantitative estimate of drug-likeness (QED) is 0.538. The van der Waals surface area contributed by atoms with Gasteiger partial charge in [-0.05, 0) is 47.4 Å². The zero-order valence-corrected chi connectivity index (χ0v) is 15.2. The molecule has 0 bridgehead atoms. The Hall–Kier alpha value is -3.81. The molecule has 1 unspecified atom stereocenters. The predicted molar refractivity (Wildman–Crippen MR) is 104 cm³/mol. The first-order valence-electron chi connectivity index (χ1n) is 9.02. The number of nitrogens with zero attached hydrogens (tertiary/aromatic N) is 2. The summed E-state index contributed by atoms with van der Waals surface area (Å²) in [5, 5.41) is 20.8. The van der Waals surface area contributed by atoms with Gasteiger partial charge in [-0.1, -0.05) is 24.3 Å². The van der Waals surface area contributed by atoms with Gasteiger partial charge in [0.25, 0.3) is 11.2 Å². The van der Waals surface area contributed by atoms with Crippen LogP contribution in [0.25, 0.3) is 10.9 Å². The van der Waals surface area contributed by atoms with E-state index in [4.69, 9.17) is 0 Å². The molecule has 1 N–H and O–H groups in total. The summed E-state index contributed by atoms with van der Waals surface area (Å²) in [5.74, 6) is -1.98. The summed E-state index contributed by atoms with van der Waals surface area (Å²) in [5.41, 5.74) is 0.832. The van der Waals surface area contributed by atoms with Crippen molar-refractivity contribution in [1.82, 2.24) is 4.57 Å². The molecule has 0 saturated heterocycles. The number of rotatable bonds is 4. The number of hydrogen-bond donors (Lipinski definition) is 1. The molecule has 1 aliphatic carbocycles. The summed E-state index contributed by atoms with van der Waals surface area (Å²) in [4.78, 5) is 47.6. The maximum absolute atomic E-state index is 13.0. The Labute approximate surface area is 164 Å². The molecule has 2 aromatic carbocycles. The summed E-state index contributed by atoms with van der Waals surface area (Å²) < 4.78 is 0.935. The smallest absolute Gasteiger partial charge is 0.341 e. The topological polar surface area (TPSA) is 120 Å². The molecule has 0 radical (unpaired) electrons. The highest BCUT2D eigenvalue weighted by Crippen LogP contribution is 2.32. The summed E-state index contributed by atoms with van der Waals surface area (Å²) in [6, 6.07) is 12.6. The molecule has 1 atom stereocenters. The molecule has 1 aromatic heterocycles. The van der Waals surface area contributed by atoms with E-state index in [2.05, 4.69) is 0 Å². The molecule has 0 spiro atoms. The summed E-state index contributed by atoms with van der Waals surface area (Å²) in [6.07, 6.45) is 1.11. The fraction of sp³-hybridized carbons (Fsp3) is 0.190. The summed E-state index contributed by atoms with van der Waals surface area (Å²) in [7, 11) is 0. The van der Waals surface area contributed by atoms with E-state index in [1.807, 2.05) is 0 Å². The third-order valence-corrected chi connectivity index (χ3v) is 5.27. The fourth-order valence-electron chi connectivity index (χ4n) is 3.95. The Morgan fingerprint density at radius 3 is 2.55 bits per heavy atom. The Morgan fingerprint density at radius 2 is 1.83 bits per heavy atom. The molecule has 0 aliphatic heterocycles. The molecule has 3 aromatic rings. The van der Waals surface area contributed by atoms with Gasteiger partial charge >= 0.3 is 5.97 Å². The average molecular weight is 392 g/mol. The molecular weight excluding hydrogens is 376 g/mol. The zero-order valence-electron chi connectivity index (χ0n) is 15.2. The van der Waals surface area contributed by atoms with Crippen LogP contribution in [0.4, 0.5) is 5.69 Å². The number of aromatic carboxylic acids is 1. The molecule has 0 amide bonds. The monoisotopic (exact) mass is 392 g/mol. The van der Waals surface area contributed by atoms with E-state index in [1.54, 1.807) is 30.3 Å². The molecule has 8 nitrogen and oxygen atoms in total. The van der Waals surface area contributed by atoms with Crippen molar-refractivity contribution in [3.8, 4) is 0 Å². The molecule has 1 aliphatic rings. The van der Waals surface area contributed by atoms with Crippen molar-refractivity contribution < 1.29 is 19.6 Å². The SMILES string of the molecule is O=C(O)c1cc2ccccc2n(C(=O)CC2Cc3ccc([N+](=O)[O-])cc3C2)c1=O. The molecule has 1 heterocycles. The van der Waals surface area contributed by atoms with Gasteiger partial charge in [-0.2, -0.15) is 0 Å². The Balaban J connectivity index is 1.67. The lowest BCUT2D eigenvalue weighted by molar-refractivity contribution is -0.384. The molecule has 8 heteroatoms. The second-order valence-electron chi connectivity index (χ2n) is 7.14. The van der Waals surface area contributed by atoms with Crippen LogP contribution in [0.2, 0.25) is 0 Å². The average Bonchev–Trinajstić information content (AvgIpc) is 3.08. The molecule has 4 rings (SSSR count). The number of carbonyl (C=O) groups is 2. The van der Waals surface area contributed by atoms with Gasteiger partial charge < -0.3 is 5.11 Å². The van der Waals surface area contributed by atoms with Gasteiger partial charge in [0.15, 0.2) is 0 Å². The second-order valence-corrected chi connectivity index (χ2v) is 7.14. The largest absolute Gasteiger partial charge is 0.477 e. The van der Waals surface area contributed by atoms with Crippen LogP contribution < -0.4 is 5.56 Å². The molecule has 0 fully saturated rings. The van der Waals surface area contributed by atoms with E-state index in [0.29, 0.717) is 23.7 Å². The number of benzene rings is 2. The van der Waals surface area contributed by atoms with Crippen LogP contribution in [0.15, 0.2) is 53.3 Å². The molecule has 146 valence electrons. The number of fused-ring (bicyclic) bond motifs is 2. The lowest BCUT2D eigenvalue weighted by Crippen LogP contribution is -2.32. The van der Waals surface area contributed by atoms with Crippen molar-refractivity contribution in [2.45, 2.75) is 19.3 Å². The van der Waals surface area contributed by atoms with Crippen molar-refractivity contribution in [2.75, 3.05) is 0 Å². The third-order valence-electron chi connectivity index (χ3n) is 5.27. The number of nitro benzene ring substituents is 1. The van der Waals surface area contributed by atoms with Gasteiger partial charge in [-0.15, -0.1) is 0 Å². The number of carbonyl (C=O) groups excluding carboxylic acids is 1. The molecular formula is C21H16N2O6. The highest BCUT2D eigenvalue weighted by atomic mass is 16.6. The van der Waals surface area contributed by atoms with Crippen molar-refractivity contribution in [2.24, 2.45) is 5.92 Å². The van der Waals surface area contributed by atoms with Gasteiger partial charge in [0.05, 0.1) is 10.4 Å². The lowest BCUT2D eigenvalue weighted by Gasteiger charge is -2.13. The van der Waals surface area contributed by atoms with E-state index in [0.717, 1.165) is 15.7 Å². The summed E-state index contributed by atoms with van der Waals surface area (Å²) >= 11 is 0. The second kappa shape index (κ2) is 6.97. The van der Waals surface area contributed by atoms with E-state index < -0.39 is 27.9 Å². The number of aromatic nitrogens is 1. The predicted octanol–water partition coefficient (Wildman–Crippen LogP) is 3.05. The maximum Gasteiger partial charge on any atom is 0.341 e. The Morgan fingerprint density at radius 1 is 1.10 bits per heavy atom. The highest BCUT2D eigenvalue weighted by Gasteiger charge is 2.27. The Kier molecular flexibility index (Phi) is 4.46. The standard InChI is InChI=1S/C21H16N2O6/c24-19(9-12-7-13-5-6-16(23(28)29)10-15(13)8-12)22-18-4-2-1-3-14(18)11-17(20(22)25)21(26)27/h1-6,10-12H,7-9H2,(H,26,27). The van der Waals surface area contributed by atoms with E-state index in [1.165, 1.54) is 18.2 Å². The highest BCUT2D eigenvalue weighted by molar-refractivity contribution is 5.97. The Bertz CT molecular complexity index is 1240. The zero-order chi connectivity index (χ0) is 20.7. The van der Waals surface area contributed by atoms with Crippen LogP contribution in [0.3, 0.4) is 0 Å². The number of non-ortho nitro benzene ring substituents is 1. The van der Waals surface area contributed by atoms with Crippen molar-refractivity contribution in [3.05, 3.63) is 85.7 Å². The van der Waals surface area contributed by atoms with Crippen LogP contribution in [-0.4, -0.2) is 26.5 Å². The number of hydrogen-bond acceptors (Lipinski definition) is 5. The minimum Gasteiger partial charge on any atom is -0.477 e. The van der Waals surface area contributed by atoms with Gasteiger partial charge in [0.2, 0.25) is 5.91 Å². The number of carboxylic acid groups (broad SMARTS) is 1. The van der Waals surface area contributed by atoms with E-state index >= 15 is 0 Å². The number of carboxylic acids is 1. The van der Waals surface area contributed by atoms with Crippen molar-refractivity contribution in [3.63, 3.8) is 0 Å². The fourth-order valence-corrected chi connectivity index (χ4v) is 3.95. The van der Waals surface area contributed by atoms with Crippen LogP contribution >= 0.6 is 0 Å². The summed E-state index contributed by atoms with van der Waals surface area (Å²) in [6.45, 7) is 0.